The molecule has 0 radical (unpaired) electrons. The van der Waals surface area contributed by atoms with Crippen molar-refractivity contribution < 1.29 is 0 Å². The molecule has 2 aromatic carbocycles. The lowest BCUT2D eigenvalue weighted by atomic mass is 10.2. The van der Waals surface area contributed by atoms with Crippen molar-refractivity contribution in [1.82, 2.24) is 4.57 Å². The third kappa shape index (κ3) is 3.25. The molecule has 3 aromatic rings. The van der Waals surface area contributed by atoms with Gasteiger partial charge in [0.15, 0.2) is 4.80 Å². The summed E-state index contributed by atoms with van der Waals surface area (Å²) in [5, 5.41) is 0.658. The molecule has 0 N–H and O–H groups in total. The summed E-state index contributed by atoms with van der Waals surface area (Å²) < 4.78 is 2.40. The first-order chi connectivity index (χ1) is 12.1. The van der Waals surface area contributed by atoms with Crippen LogP contribution in [0.5, 0.6) is 0 Å². The summed E-state index contributed by atoms with van der Waals surface area (Å²) >= 11 is 7.45. The van der Waals surface area contributed by atoms with Crippen LogP contribution in [0.15, 0.2) is 58.3 Å². The highest BCUT2D eigenvalue weighted by Crippen LogP contribution is 2.17. The van der Waals surface area contributed by atoms with Gasteiger partial charge in [-0.1, -0.05) is 47.2 Å². The van der Waals surface area contributed by atoms with Crippen molar-refractivity contribution in [2.45, 2.75) is 13.6 Å². The standard InChI is InChI=1S/C19H16ClN3OS/c1-13-4-2-7-16(8-13)22-11-21-19-23(12-22)18(24)17(25-19)10-14-5-3-6-15(20)9-14/h2-10H,11-12H2,1H3/b17-10-. The SMILES string of the molecule is Cc1cccc(N2CN=c3s/c(=C\c4cccc(Cl)c4)c(=O)n3C2)c1. The quantitative estimate of drug-likeness (QED) is 0.696. The second-order valence-electron chi connectivity index (χ2n) is 6.00. The zero-order valence-corrected chi connectivity index (χ0v) is 15.2. The van der Waals surface area contributed by atoms with Gasteiger partial charge in [-0.3, -0.25) is 9.36 Å². The molecule has 0 bridgehead atoms. The summed E-state index contributed by atoms with van der Waals surface area (Å²) in [4.78, 5) is 20.2. The fraction of sp³-hybridized carbons (Fsp3) is 0.158. The largest absolute Gasteiger partial charge is 0.334 e. The van der Waals surface area contributed by atoms with E-state index in [1.54, 1.807) is 4.57 Å². The molecule has 0 unspecified atom stereocenters. The Morgan fingerprint density at radius 3 is 2.84 bits per heavy atom. The van der Waals surface area contributed by atoms with Crippen LogP contribution in [0.3, 0.4) is 0 Å². The van der Waals surface area contributed by atoms with E-state index in [1.165, 1.54) is 16.9 Å². The van der Waals surface area contributed by atoms with Gasteiger partial charge in [0, 0.05) is 10.7 Å². The molecule has 4 nitrogen and oxygen atoms in total. The molecule has 6 heteroatoms. The Morgan fingerprint density at radius 1 is 1.20 bits per heavy atom. The van der Waals surface area contributed by atoms with E-state index in [-0.39, 0.29) is 5.56 Å². The topological polar surface area (TPSA) is 37.6 Å². The van der Waals surface area contributed by atoms with Gasteiger partial charge in [0.25, 0.3) is 5.56 Å². The summed E-state index contributed by atoms with van der Waals surface area (Å²) in [6.45, 7) is 3.13. The summed E-state index contributed by atoms with van der Waals surface area (Å²) in [6, 6.07) is 15.7. The lowest BCUT2D eigenvalue weighted by Crippen LogP contribution is -2.42. The monoisotopic (exact) mass is 369 g/mol. The molecule has 0 saturated heterocycles. The molecular weight excluding hydrogens is 354 g/mol. The molecule has 1 aliphatic rings. The lowest BCUT2D eigenvalue weighted by Gasteiger charge is -2.25. The Labute approximate surface area is 153 Å². The lowest BCUT2D eigenvalue weighted by molar-refractivity contribution is 0.569. The number of aryl methyl sites for hydroxylation is 1. The van der Waals surface area contributed by atoms with Crippen LogP contribution in [0, 0.1) is 6.92 Å². The maximum Gasteiger partial charge on any atom is 0.271 e. The van der Waals surface area contributed by atoms with Crippen LogP contribution >= 0.6 is 22.9 Å². The number of anilines is 1. The first-order valence-corrected chi connectivity index (χ1v) is 9.13. The molecule has 25 heavy (non-hydrogen) atoms. The number of hydrogen-bond acceptors (Lipinski definition) is 4. The minimum Gasteiger partial charge on any atom is -0.334 e. The maximum absolute atomic E-state index is 12.8. The van der Waals surface area contributed by atoms with Crippen LogP contribution in [0.2, 0.25) is 5.02 Å². The number of fused-ring (bicyclic) bond motifs is 1. The maximum atomic E-state index is 12.8. The molecule has 1 aliphatic heterocycles. The van der Waals surface area contributed by atoms with Gasteiger partial charge in [0.05, 0.1) is 4.53 Å². The summed E-state index contributed by atoms with van der Waals surface area (Å²) in [5.74, 6) is 0. The van der Waals surface area contributed by atoms with E-state index in [0.29, 0.717) is 22.9 Å². The Kier molecular flexibility index (Phi) is 4.19. The Balaban J connectivity index is 1.73. The van der Waals surface area contributed by atoms with Crippen molar-refractivity contribution in [2.75, 3.05) is 11.6 Å². The van der Waals surface area contributed by atoms with Gasteiger partial charge in [-0.25, -0.2) is 4.99 Å². The zero-order valence-electron chi connectivity index (χ0n) is 13.6. The highest BCUT2D eigenvalue weighted by molar-refractivity contribution is 7.07. The number of benzene rings is 2. The molecule has 126 valence electrons. The van der Waals surface area contributed by atoms with Crippen LogP contribution in [-0.2, 0) is 6.67 Å². The number of hydrogen-bond donors (Lipinski definition) is 0. The molecule has 0 fully saturated rings. The predicted octanol–water partition coefficient (Wildman–Crippen LogP) is 2.76. The number of nitrogens with zero attached hydrogens (tertiary/aromatic N) is 3. The third-order valence-electron chi connectivity index (χ3n) is 4.09. The van der Waals surface area contributed by atoms with Crippen LogP contribution in [0.1, 0.15) is 11.1 Å². The molecular formula is C19H16ClN3OS. The van der Waals surface area contributed by atoms with Gasteiger partial charge in [0.1, 0.15) is 13.3 Å². The average molecular weight is 370 g/mol. The van der Waals surface area contributed by atoms with Crippen molar-refractivity contribution >= 4 is 34.7 Å². The van der Waals surface area contributed by atoms with E-state index < -0.39 is 0 Å². The number of aromatic nitrogens is 1. The van der Waals surface area contributed by atoms with Crippen LogP contribution in [0.4, 0.5) is 5.69 Å². The molecule has 0 atom stereocenters. The van der Waals surface area contributed by atoms with Crippen molar-refractivity contribution in [2.24, 2.45) is 4.99 Å². The fourth-order valence-electron chi connectivity index (χ4n) is 2.85. The van der Waals surface area contributed by atoms with E-state index >= 15 is 0 Å². The van der Waals surface area contributed by atoms with Gasteiger partial charge in [-0.2, -0.15) is 0 Å². The van der Waals surface area contributed by atoms with Gasteiger partial charge >= 0.3 is 0 Å². The van der Waals surface area contributed by atoms with Crippen molar-refractivity contribution in [3.63, 3.8) is 0 Å². The van der Waals surface area contributed by atoms with Gasteiger partial charge in [-0.15, -0.1) is 0 Å². The Hall–Kier alpha value is -2.37. The van der Waals surface area contributed by atoms with Gasteiger partial charge in [0.2, 0.25) is 0 Å². The van der Waals surface area contributed by atoms with Crippen LogP contribution in [-0.4, -0.2) is 11.2 Å². The van der Waals surface area contributed by atoms with Gasteiger partial charge < -0.3 is 4.90 Å². The smallest absolute Gasteiger partial charge is 0.271 e. The summed E-state index contributed by atoms with van der Waals surface area (Å²) in [7, 11) is 0. The molecule has 0 amide bonds. The summed E-state index contributed by atoms with van der Waals surface area (Å²) in [6.07, 6.45) is 1.87. The van der Waals surface area contributed by atoms with E-state index in [0.717, 1.165) is 16.1 Å². The molecule has 2 heterocycles. The molecule has 0 saturated carbocycles. The van der Waals surface area contributed by atoms with Gasteiger partial charge in [-0.05, 0) is 48.4 Å². The Morgan fingerprint density at radius 2 is 2.04 bits per heavy atom. The van der Waals surface area contributed by atoms with Crippen LogP contribution < -0.4 is 19.8 Å². The second kappa shape index (κ2) is 6.50. The summed E-state index contributed by atoms with van der Waals surface area (Å²) in [5.41, 5.74) is 3.17. The van der Waals surface area contributed by atoms with E-state index in [4.69, 9.17) is 11.6 Å². The minimum atomic E-state index is -0.0129. The van der Waals surface area contributed by atoms with Crippen molar-refractivity contribution in [1.29, 1.82) is 0 Å². The number of thiazole rings is 1. The highest BCUT2D eigenvalue weighted by atomic mass is 35.5. The third-order valence-corrected chi connectivity index (χ3v) is 5.37. The van der Waals surface area contributed by atoms with Crippen molar-refractivity contribution in [3.8, 4) is 0 Å². The number of halogens is 1. The molecule has 0 spiro atoms. The second-order valence-corrected chi connectivity index (χ2v) is 7.45. The van der Waals surface area contributed by atoms with Crippen LogP contribution in [0.25, 0.3) is 6.08 Å². The first-order valence-electron chi connectivity index (χ1n) is 7.93. The van der Waals surface area contributed by atoms with Crippen molar-refractivity contribution in [3.05, 3.63) is 84.4 Å². The molecule has 0 aliphatic carbocycles. The zero-order chi connectivity index (χ0) is 17.4. The molecule has 1 aromatic heterocycles. The first kappa shape index (κ1) is 16.1. The highest BCUT2D eigenvalue weighted by Gasteiger charge is 2.15. The Bertz CT molecular complexity index is 1120. The average Bonchev–Trinajstić information content (AvgIpc) is 2.90. The van der Waals surface area contributed by atoms with E-state index in [2.05, 4.69) is 28.9 Å². The fourth-order valence-corrected chi connectivity index (χ4v) is 4.01. The minimum absolute atomic E-state index is 0.0129. The predicted molar refractivity (Wildman–Crippen MR) is 103 cm³/mol. The molecule has 4 rings (SSSR count). The normalized spacial score (nSPS) is 14.3. The van der Waals surface area contributed by atoms with E-state index in [9.17, 15) is 4.79 Å². The number of rotatable bonds is 2. The van der Waals surface area contributed by atoms with E-state index in [1.807, 2.05) is 42.5 Å².